The fraction of sp³-hybridized carbons (Fsp3) is 0.562. The summed E-state index contributed by atoms with van der Waals surface area (Å²) in [6.45, 7) is 7.79. The number of benzene rings is 1. The van der Waals surface area contributed by atoms with Crippen LogP contribution in [-0.2, 0) is 4.79 Å². The van der Waals surface area contributed by atoms with Gasteiger partial charge in [-0.3, -0.25) is 9.69 Å². The Morgan fingerprint density at radius 1 is 1.14 bits per heavy atom. The number of aliphatic carboxylic acids is 1. The molecule has 0 fully saturated rings. The van der Waals surface area contributed by atoms with E-state index in [0.29, 0.717) is 19.8 Å². The highest BCUT2D eigenvalue weighted by Gasteiger charge is 2.12. The minimum absolute atomic E-state index is 0.0326. The van der Waals surface area contributed by atoms with Crippen LogP contribution in [0.5, 0.6) is 11.5 Å². The maximum Gasteiger partial charge on any atom is 0.317 e. The smallest absolute Gasteiger partial charge is 0.317 e. The van der Waals surface area contributed by atoms with E-state index >= 15 is 0 Å². The van der Waals surface area contributed by atoms with Crippen LogP contribution in [0, 0.1) is 0 Å². The number of hydrogen-bond donors (Lipinski definition) is 1. The van der Waals surface area contributed by atoms with Crippen LogP contribution in [0.2, 0.25) is 0 Å². The molecule has 0 aromatic heterocycles. The standard InChI is InChI=1S/C16H25NO4/c1-4-10-20-14-5-7-15(8-6-14)21-11-9-17(13(2)3)12-16(18)19/h5-8,13H,4,9-12H2,1-3H3,(H,18,19). The van der Waals surface area contributed by atoms with Gasteiger partial charge >= 0.3 is 5.97 Å². The maximum atomic E-state index is 10.8. The molecule has 1 aromatic rings. The average Bonchev–Trinajstić information content (AvgIpc) is 2.44. The number of carboxylic acid groups (broad SMARTS) is 1. The van der Waals surface area contributed by atoms with Crippen LogP contribution in [-0.4, -0.2) is 48.3 Å². The molecule has 0 atom stereocenters. The summed E-state index contributed by atoms with van der Waals surface area (Å²) in [5.74, 6) is 0.776. The van der Waals surface area contributed by atoms with E-state index < -0.39 is 5.97 Å². The second-order valence-electron chi connectivity index (χ2n) is 5.13. The molecule has 0 unspecified atom stereocenters. The van der Waals surface area contributed by atoms with Crippen LogP contribution in [0.1, 0.15) is 27.2 Å². The van der Waals surface area contributed by atoms with Crippen LogP contribution in [0.3, 0.4) is 0 Å². The van der Waals surface area contributed by atoms with Crippen LogP contribution >= 0.6 is 0 Å². The zero-order chi connectivity index (χ0) is 15.7. The normalized spacial score (nSPS) is 10.9. The van der Waals surface area contributed by atoms with E-state index in [0.717, 1.165) is 17.9 Å². The predicted octanol–water partition coefficient (Wildman–Crippen LogP) is 2.65. The van der Waals surface area contributed by atoms with E-state index in [1.54, 1.807) is 0 Å². The molecular formula is C16H25NO4. The summed E-state index contributed by atoms with van der Waals surface area (Å²) in [5.41, 5.74) is 0. The van der Waals surface area contributed by atoms with Crippen molar-refractivity contribution in [3.8, 4) is 11.5 Å². The Kier molecular flexibility index (Phi) is 7.61. The molecule has 1 aromatic carbocycles. The highest BCUT2D eigenvalue weighted by molar-refractivity contribution is 5.69. The molecule has 0 heterocycles. The van der Waals surface area contributed by atoms with Crippen molar-refractivity contribution in [3.63, 3.8) is 0 Å². The van der Waals surface area contributed by atoms with Crippen molar-refractivity contribution in [2.75, 3.05) is 26.3 Å². The van der Waals surface area contributed by atoms with Gasteiger partial charge < -0.3 is 14.6 Å². The lowest BCUT2D eigenvalue weighted by molar-refractivity contribution is -0.138. The Morgan fingerprint density at radius 2 is 1.67 bits per heavy atom. The fourth-order valence-electron chi connectivity index (χ4n) is 1.83. The Balaban J connectivity index is 2.38. The molecule has 0 aliphatic carbocycles. The van der Waals surface area contributed by atoms with Gasteiger partial charge in [-0.1, -0.05) is 6.92 Å². The van der Waals surface area contributed by atoms with Crippen molar-refractivity contribution in [2.24, 2.45) is 0 Å². The molecule has 5 nitrogen and oxygen atoms in total. The molecular weight excluding hydrogens is 270 g/mol. The quantitative estimate of drug-likeness (QED) is 0.719. The summed E-state index contributed by atoms with van der Waals surface area (Å²) in [5, 5.41) is 8.85. The van der Waals surface area contributed by atoms with Crippen LogP contribution < -0.4 is 9.47 Å². The zero-order valence-corrected chi connectivity index (χ0v) is 13.0. The SMILES string of the molecule is CCCOc1ccc(OCCN(CC(=O)O)C(C)C)cc1. The van der Waals surface area contributed by atoms with E-state index in [4.69, 9.17) is 14.6 Å². The fourth-order valence-corrected chi connectivity index (χ4v) is 1.83. The summed E-state index contributed by atoms with van der Waals surface area (Å²) in [7, 11) is 0. The molecule has 1 N–H and O–H groups in total. The highest BCUT2D eigenvalue weighted by Crippen LogP contribution is 2.17. The molecule has 0 radical (unpaired) electrons. The number of hydrogen-bond acceptors (Lipinski definition) is 4. The Labute approximate surface area is 126 Å². The van der Waals surface area contributed by atoms with Gasteiger partial charge in [-0.15, -0.1) is 0 Å². The minimum Gasteiger partial charge on any atom is -0.494 e. The average molecular weight is 295 g/mol. The van der Waals surface area contributed by atoms with Gasteiger partial charge in [-0.2, -0.15) is 0 Å². The summed E-state index contributed by atoms with van der Waals surface area (Å²) < 4.78 is 11.1. The summed E-state index contributed by atoms with van der Waals surface area (Å²) >= 11 is 0. The number of rotatable bonds is 10. The van der Waals surface area contributed by atoms with Crippen molar-refractivity contribution in [1.82, 2.24) is 4.90 Å². The van der Waals surface area contributed by atoms with E-state index in [9.17, 15) is 4.79 Å². The van der Waals surface area contributed by atoms with Crippen LogP contribution in [0.4, 0.5) is 0 Å². The monoisotopic (exact) mass is 295 g/mol. The zero-order valence-electron chi connectivity index (χ0n) is 13.0. The van der Waals surface area contributed by atoms with Crippen molar-refractivity contribution >= 4 is 5.97 Å². The van der Waals surface area contributed by atoms with Crippen molar-refractivity contribution < 1.29 is 19.4 Å². The molecule has 21 heavy (non-hydrogen) atoms. The van der Waals surface area contributed by atoms with Crippen LogP contribution in [0.25, 0.3) is 0 Å². The first-order valence-electron chi connectivity index (χ1n) is 7.34. The van der Waals surface area contributed by atoms with E-state index in [1.165, 1.54) is 0 Å². The number of ether oxygens (including phenoxy) is 2. The third kappa shape index (κ3) is 6.99. The molecule has 0 saturated carbocycles. The van der Waals surface area contributed by atoms with Gasteiger partial charge in [0.25, 0.3) is 0 Å². The van der Waals surface area contributed by atoms with Gasteiger partial charge in [-0.25, -0.2) is 0 Å². The van der Waals surface area contributed by atoms with E-state index in [2.05, 4.69) is 6.92 Å². The molecule has 0 amide bonds. The molecule has 0 aliphatic heterocycles. The Morgan fingerprint density at radius 3 is 2.10 bits per heavy atom. The molecule has 0 saturated heterocycles. The first-order chi connectivity index (χ1) is 10.0. The third-order valence-electron chi connectivity index (χ3n) is 3.01. The highest BCUT2D eigenvalue weighted by atomic mass is 16.5. The Hall–Kier alpha value is -1.75. The van der Waals surface area contributed by atoms with E-state index in [-0.39, 0.29) is 12.6 Å². The minimum atomic E-state index is -0.818. The molecule has 0 bridgehead atoms. The molecule has 5 heteroatoms. The lowest BCUT2D eigenvalue weighted by Crippen LogP contribution is -2.38. The van der Waals surface area contributed by atoms with Crippen molar-refractivity contribution in [3.05, 3.63) is 24.3 Å². The molecule has 118 valence electrons. The summed E-state index contributed by atoms with van der Waals surface area (Å²) in [6, 6.07) is 7.66. The van der Waals surface area contributed by atoms with Crippen molar-refractivity contribution in [2.45, 2.75) is 33.2 Å². The van der Waals surface area contributed by atoms with Gasteiger partial charge in [0.15, 0.2) is 0 Å². The van der Waals surface area contributed by atoms with Gasteiger partial charge in [0.2, 0.25) is 0 Å². The van der Waals surface area contributed by atoms with Gasteiger partial charge in [0.05, 0.1) is 13.2 Å². The predicted molar refractivity (Wildman–Crippen MR) is 82.1 cm³/mol. The number of carboxylic acids is 1. The second kappa shape index (κ2) is 9.23. The summed E-state index contributed by atoms with van der Waals surface area (Å²) in [4.78, 5) is 12.6. The van der Waals surface area contributed by atoms with Gasteiger partial charge in [0, 0.05) is 12.6 Å². The maximum absolute atomic E-state index is 10.8. The molecule has 0 aliphatic rings. The number of nitrogens with zero attached hydrogens (tertiary/aromatic N) is 1. The lowest BCUT2D eigenvalue weighted by Gasteiger charge is -2.24. The summed E-state index contributed by atoms with van der Waals surface area (Å²) in [6.07, 6.45) is 0.979. The molecule has 1 rings (SSSR count). The molecule has 0 spiro atoms. The van der Waals surface area contributed by atoms with Gasteiger partial charge in [0.1, 0.15) is 18.1 Å². The van der Waals surface area contributed by atoms with E-state index in [1.807, 2.05) is 43.0 Å². The van der Waals surface area contributed by atoms with Crippen molar-refractivity contribution in [1.29, 1.82) is 0 Å². The van der Waals surface area contributed by atoms with Gasteiger partial charge in [-0.05, 0) is 44.5 Å². The largest absolute Gasteiger partial charge is 0.494 e. The first kappa shape index (κ1) is 17.3. The number of carbonyl (C=O) groups is 1. The first-order valence-corrected chi connectivity index (χ1v) is 7.34. The van der Waals surface area contributed by atoms with Crippen LogP contribution in [0.15, 0.2) is 24.3 Å². The topological polar surface area (TPSA) is 59.0 Å². The lowest BCUT2D eigenvalue weighted by atomic mass is 10.3. The second-order valence-corrected chi connectivity index (χ2v) is 5.13. The Bertz CT molecular complexity index is 417. The third-order valence-corrected chi connectivity index (χ3v) is 3.01.